The van der Waals surface area contributed by atoms with Gasteiger partial charge in [-0.25, -0.2) is 4.98 Å². The van der Waals surface area contributed by atoms with Gasteiger partial charge in [0.1, 0.15) is 0 Å². The molecule has 2 aromatic rings. The molecular formula is C14H16Br3N3S. The van der Waals surface area contributed by atoms with Crippen LogP contribution in [0.1, 0.15) is 18.7 Å². The zero-order valence-corrected chi connectivity index (χ0v) is 17.4. The molecule has 0 aliphatic heterocycles. The van der Waals surface area contributed by atoms with Crippen molar-refractivity contribution in [1.29, 1.82) is 0 Å². The van der Waals surface area contributed by atoms with Gasteiger partial charge in [-0.2, -0.15) is 0 Å². The van der Waals surface area contributed by atoms with Gasteiger partial charge < -0.3 is 10.2 Å². The predicted octanol–water partition coefficient (Wildman–Crippen LogP) is 5.89. The van der Waals surface area contributed by atoms with E-state index in [9.17, 15) is 0 Å². The average molecular weight is 498 g/mol. The first-order valence-corrected chi connectivity index (χ1v) is 9.82. The molecule has 0 bridgehead atoms. The molecule has 0 atom stereocenters. The van der Waals surface area contributed by atoms with Crippen molar-refractivity contribution in [2.75, 3.05) is 23.3 Å². The van der Waals surface area contributed by atoms with Crippen LogP contribution in [0, 0.1) is 0 Å². The molecular weight excluding hydrogens is 482 g/mol. The Morgan fingerprint density at radius 2 is 1.76 bits per heavy atom. The maximum absolute atomic E-state index is 4.50. The molecule has 1 aromatic carbocycles. The van der Waals surface area contributed by atoms with E-state index in [4.69, 9.17) is 0 Å². The number of thiazole rings is 1. The molecule has 7 heteroatoms. The molecule has 0 saturated heterocycles. The SMILES string of the molecule is CCN(CC)c1ncc(CNc2c(Br)cc(Br)cc2Br)s1. The summed E-state index contributed by atoms with van der Waals surface area (Å²) in [4.78, 5) is 7.99. The summed E-state index contributed by atoms with van der Waals surface area (Å²) in [5, 5.41) is 4.54. The third-order valence-corrected chi connectivity index (χ3v) is 5.79. The number of nitrogens with zero attached hydrogens (tertiary/aromatic N) is 2. The molecule has 1 N–H and O–H groups in total. The van der Waals surface area contributed by atoms with Crippen molar-refractivity contribution in [1.82, 2.24) is 4.98 Å². The molecule has 0 aliphatic rings. The lowest BCUT2D eigenvalue weighted by Gasteiger charge is -2.16. The zero-order valence-electron chi connectivity index (χ0n) is 11.8. The van der Waals surface area contributed by atoms with Crippen LogP contribution in [0.15, 0.2) is 31.7 Å². The number of hydrogen-bond acceptors (Lipinski definition) is 4. The molecule has 1 aromatic heterocycles. The summed E-state index contributed by atoms with van der Waals surface area (Å²) in [5.74, 6) is 0. The van der Waals surface area contributed by atoms with Crippen molar-refractivity contribution in [3.63, 3.8) is 0 Å². The van der Waals surface area contributed by atoms with E-state index < -0.39 is 0 Å². The zero-order chi connectivity index (χ0) is 15.4. The molecule has 0 radical (unpaired) electrons. The number of rotatable bonds is 6. The number of nitrogens with one attached hydrogen (secondary N) is 1. The molecule has 0 saturated carbocycles. The van der Waals surface area contributed by atoms with Gasteiger partial charge in [0.25, 0.3) is 0 Å². The second-order valence-corrected chi connectivity index (χ2v) is 8.10. The summed E-state index contributed by atoms with van der Waals surface area (Å²) in [6.07, 6.45) is 1.95. The highest BCUT2D eigenvalue weighted by Gasteiger charge is 2.10. The lowest BCUT2D eigenvalue weighted by atomic mass is 10.3. The number of aromatic nitrogens is 1. The Labute approximate surface area is 154 Å². The highest BCUT2D eigenvalue weighted by Crippen LogP contribution is 2.35. The lowest BCUT2D eigenvalue weighted by Crippen LogP contribution is -2.21. The molecule has 0 aliphatic carbocycles. The Morgan fingerprint density at radius 1 is 1.14 bits per heavy atom. The molecule has 2 rings (SSSR count). The van der Waals surface area contributed by atoms with E-state index in [0.29, 0.717) is 0 Å². The fourth-order valence-corrected chi connectivity index (χ4v) is 5.42. The maximum Gasteiger partial charge on any atom is 0.185 e. The van der Waals surface area contributed by atoms with Gasteiger partial charge in [-0.3, -0.25) is 0 Å². The second-order valence-electron chi connectivity index (χ2n) is 4.38. The summed E-state index contributed by atoms with van der Waals surface area (Å²) in [6, 6.07) is 4.06. The van der Waals surface area contributed by atoms with E-state index >= 15 is 0 Å². The molecule has 0 fully saturated rings. The number of hydrogen-bond donors (Lipinski definition) is 1. The van der Waals surface area contributed by atoms with Crippen LogP contribution in [0.5, 0.6) is 0 Å². The summed E-state index contributed by atoms with van der Waals surface area (Å²) in [7, 11) is 0. The normalized spacial score (nSPS) is 10.7. The Kier molecular flexibility index (Phi) is 6.52. The van der Waals surface area contributed by atoms with Crippen molar-refractivity contribution in [2.24, 2.45) is 0 Å². The van der Waals surface area contributed by atoms with Gasteiger partial charge >= 0.3 is 0 Å². The van der Waals surface area contributed by atoms with Crippen LogP contribution < -0.4 is 10.2 Å². The van der Waals surface area contributed by atoms with Gasteiger partial charge in [-0.15, -0.1) is 11.3 Å². The molecule has 0 spiro atoms. The van der Waals surface area contributed by atoms with Crippen LogP contribution in [0.4, 0.5) is 10.8 Å². The van der Waals surface area contributed by atoms with E-state index in [1.54, 1.807) is 11.3 Å². The second kappa shape index (κ2) is 7.94. The van der Waals surface area contributed by atoms with Crippen LogP contribution in [-0.4, -0.2) is 18.1 Å². The minimum Gasteiger partial charge on any atom is -0.378 e. The molecule has 3 nitrogen and oxygen atoms in total. The highest BCUT2D eigenvalue weighted by molar-refractivity contribution is 9.11. The van der Waals surface area contributed by atoms with E-state index in [2.05, 4.69) is 76.8 Å². The van der Waals surface area contributed by atoms with E-state index in [1.165, 1.54) is 4.88 Å². The van der Waals surface area contributed by atoms with E-state index in [-0.39, 0.29) is 0 Å². The quantitative estimate of drug-likeness (QED) is 0.539. The van der Waals surface area contributed by atoms with Crippen LogP contribution >= 0.6 is 59.1 Å². The first kappa shape index (κ1) is 17.2. The summed E-state index contributed by atoms with van der Waals surface area (Å²) in [6.45, 7) is 7.04. The standard InChI is InChI=1S/C14H16Br3N3S/c1-3-20(4-2)14-19-8-10(21-14)7-18-13-11(16)5-9(15)6-12(13)17/h5-6,8,18H,3-4,7H2,1-2H3. The van der Waals surface area contributed by atoms with Crippen LogP contribution in [0.2, 0.25) is 0 Å². The minimum atomic E-state index is 0.762. The van der Waals surface area contributed by atoms with Crippen molar-refractivity contribution in [3.05, 3.63) is 36.6 Å². The number of benzene rings is 1. The molecule has 21 heavy (non-hydrogen) atoms. The summed E-state index contributed by atoms with van der Waals surface area (Å²) < 4.78 is 3.09. The lowest BCUT2D eigenvalue weighted by molar-refractivity contribution is 0.860. The Hall–Kier alpha value is -0.110. The molecule has 1 heterocycles. The van der Waals surface area contributed by atoms with E-state index in [0.717, 1.165) is 43.9 Å². The number of halogens is 3. The molecule has 114 valence electrons. The van der Waals surface area contributed by atoms with Crippen molar-refractivity contribution < 1.29 is 0 Å². The topological polar surface area (TPSA) is 28.2 Å². The largest absolute Gasteiger partial charge is 0.378 e. The maximum atomic E-state index is 4.50. The number of anilines is 2. The van der Waals surface area contributed by atoms with Crippen molar-refractivity contribution >= 4 is 69.9 Å². The smallest absolute Gasteiger partial charge is 0.185 e. The molecule has 0 unspecified atom stereocenters. The first-order valence-electron chi connectivity index (χ1n) is 6.63. The highest BCUT2D eigenvalue weighted by atomic mass is 79.9. The fourth-order valence-electron chi connectivity index (χ4n) is 1.91. The predicted molar refractivity (Wildman–Crippen MR) is 103 cm³/mol. The summed E-state index contributed by atoms with van der Waals surface area (Å²) >= 11 is 12.4. The average Bonchev–Trinajstić information content (AvgIpc) is 2.87. The Balaban J connectivity index is 2.07. The van der Waals surface area contributed by atoms with Crippen molar-refractivity contribution in [2.45, 2.75) is 20.4 Å². The Bertz CT molecular complexity index is 588. The third-order valence-electron chi connectivity index (χ3n) is 3.02. The van der Waals surface area contributed by atoms with Crippen LogP contribution in [-0.2, 0) is 6.54 Å². The fraction of sp³-hybridized carbons (Fsp3) is 0.357. The van der Waals surface area contributed by atoms with Crippen molar-refractivity contribution in [3.8, 4) is 0 Å². The van der Waals surface area contributed by atoms with Crippen LogP contribution in [0.25, 0.3) is 0 Å². The Morgan fingerprint density at radius 3 is 2.33 bits per heavy atom. The van der Waals surface area contributed by atoms with Gasteiger partial charge in [0.2, 0.25) is 0 Å². The van der Waals surface area contributed by atoms with Gasteiger partial charge in [0.15, 0.2) is 5.13 Å². The van der Waals surface area contributed by atoms with Gasteiger partial charge in [0.05, 0.1) is 12.2 Å². The monoisotopic (exact) mass is 495 g/mol. The van der Waals surface area contributed by atoms with Gasteiger partial charge in [0, 0.05) is 37.6 Å². The first-order chi connectivity index (χ1) is 10.0. The van der Waals surface area contributed by atoms with Gasteiger partial charge in [-0.05, 0) is 57.8 Å². The summed E-state index contributed by atoms with van der Waals surface area (Å²) in [5.41, 5.74) is 1.05. The molecule has 0 amide bonds. The van der Waals surface area contributed by atoms with Crippen LogP contribution in [0.3, 0.4) is 0 Å². The van der Waals surface area contributed by atoms with Gasteiger partial charge in [-0.1, -0.05) is 15.9 Å². The minimum absolute atomic E-state index is 0.762. The van der Waals surface area contributed by atoms with E-state index in [1.807, 2.05) is 18.3 Å². The third kappa shape index (κ3) is 4.43.